The maximum Gasteiger partial charge on any atom is 0.340 e. The molecular formula is C14H21N3O3. The number of nitrogen functional groups attached to an aromatic ring is 1. The van der Waals surface area contributed by atoms with E-state index in [4.69, 9.17) is 16.2 Å². The standard InChI is InChI=1S/C14H21N3O3/c1-2-20-14(19)10-6-5-7-11(15)13(10)17-9-4-3-8-12(16)18/h5-7,17H,2-4,8-9,15H2,1H3,(H2,16,18). The predicted octanol–water partition coefficient (Wildman–Crippen LogP) is 1.51. The van der Waals surface area contributed by atoms with Gasteiger partial charge in [0, 0.05) is 13.0 Å². The average molecular weight is 279 g/mol. The molecule has 0 saturated heterocycles. The van der Waals surface area contributed by atoms with Crippen LogP contribution in [0.4, 0.5) is 11.4 Å². The first-order valence-corrected chi connectivity index (χ1v) is 6.64. The van der Waals surface area contributed by atoms with Crippen LogP contribution in [0.2, 0.25) is 0 Å². The number of benzene rings is 1. The van der Waals surface area contributed by atoms with E-state index in [1.807, 2.05) is 0 Å². The van der Waals surface area contributed by atoms with Crippen LogP contribution in [0, 0.1) is 0 Å². The topological polar surface area (TPSA) is 107 Å². The number of carbonyl (C=O) groups excluding carboxylic acids is 2. The minimum atomic E-state index is -0.403. The summed E-state index contributed by atoms with van der Waals surface area (Å²) < 4.78 is 4.99. The molecule has 0 aromatic heterocycles. The molecule has 0 spiro atoms. The second-order valence-corrected chi connectivity index (χ2v) is 4.34. The van der Waals surface area contributed by atoms with Gasteiger partial charge in [-0.3, -0.25) is 4.79 Å². The smallest absolute Gasteiger partial charge is 0.340 e. The van der Waals surface area contributed by atoms with Gasteiger partial charge < -0.3 is 21.5 Å². The van der Waals surface area contributed by atoms with Gasteiger partial charge in [-0.15, -0.1) is 0 Å². The van der Waals surface area contributed by atoms with Crippen LogP contribution in [-0.2, 0) is 9.53 Å². The first kappa shape index (κ1) is 15.8. The van der Waals surface area contributed by atoms with Gasteiger partial charge >= 0.3 is 5.97 Å². The van der Waals surface area contributed by atoms with Crippen LogP contribution in [0.5, 0.6) is 0 Å². The SMILES string of the molecule is CCOC(=O)c1cccc(N)c1NCCCCC(N)=O. The highest BCUT2D eigenvalue weighted by molar-refractivity contribution is 5.98. The summed E-state index contributed by atoms with van der Waals surface area (Å²) >= 11 is 0. The third-order valence-corrected chi connectivity index (χ3v) is 2.74. The number of para-hydroxylation sites is 1. The number of carbonyl (C=O) groups is 2. The minimum Gasteiger partial charge on any atom is -0.462 e. The summed E-state index contributed by atoms with van der Waals surface area (Å²) in [6.45, 7) is 2.67. The monoisotopic (exact) mass is 279 g/mol. The summed E-state index contributed by atoms with van der Waals surface area (Å²) in [5.74, 6) is -0.712. The van der Waals surface area contributed by atoms with Crippen molar-refractivity contribution >= 4 is 23.3 Å². The number of rotatable bonds is 8. The van der Waals surface area contributed by atoms with Crippen molar-refractivity contribution in [3.63, 3.8) is 0 Å². The van der Waals surface area contributed by atoms with Crippen LogP contribution >= 0.6 is 0 Å². The highest BCUT2D eigenvalue weighted by Gasteiger charge is 2.14. The zero-order valence-electron chi connectivity index (χ0n) is 11.6. The number of hydrogen-bond acceptors (Lipinski definition) is 5. The van der Waals surface area contributed by atoms with Gasteiger partial charge in [-0.05, 0) is 31.9 Å². The molecule has 0 radical (unpaired) electrons. The molecular weight excluding hydrogens is 258 g/mol. The van der Waals surface area contributed by atoms with E-state index in [1.54, 1.807) is 25.1 Å². The lowest BCUT2D eigenvalue weighted by atomic mass is 10.1. The van der Waals surface area contributed by atoms with Gasteiger partial charge in [0.1, 0.15) is 0 Å². The number of primary amides is 1. The van der Waals surface area contributed by atoms with Crippen molar-refractivity contribution in [2.24, 2.45) is 5.73 Å². The summed E-state index contributed by atoms with van der Waals surface area (Å²) in [5, 5.41) is 3.12. The summed E-state index contributed by atoms with van der Waals surface area (Å²) in [4.78, 5) is 22.4. The number of hydrogen-bond donors (Lipinski definition) is 3. The second kappa shape index (κ2) is 8.04. The van der Waals surface area contributed by atoms with Crippen LogP contribution < -0.4 is 16.8 Å². The number of anilines is 2. The zero-order chi connectivity index (χ0) is 15.0. The van der Waals surface area contributed by atoms with E-state index in [0.717, 1.165) is 6.42 Å². The molecule has 0 atom stereocenters. The number of amides is 1. The number of nitrogens with one attached hydrogen (secondary N) is 1. The van der Waals surface area contributed by atoms with Gasteiger partial charge in [0.25, 0.3) is 0 Å². The maximum atomic E-state index is 11.8. The second-order valence-electron chi connectivity index (χ2n) is 4.34. The molecule has 6 nitrogen and oxygen atoms in total. The van der Waals surface area contributed by atoms with Gasteiger partial charge in [-0.2, -0.15) is 0 Å². The predicted molar refractivity (Wildman–Crippen MR) is 78.3 cm³/mol. The van der Waals surface area contributed by atoms with E-state index in [0.29, 0.717) is 42.9 Å². The summed E-state index contributed by atoms with van der Waals surface area (Å²) in [6.07, 6.45) is 1.82. The molecule has 0 aliphatic carbocycles. The minimum absolute atomic E-state index is 0.309. The Kier molecular flexibility index (Phi) is 6.36. The van der Waals surface area contributed by atoms with Crippen LogP contribution in [0.15, 0.2) is 18.2 Å². The van der Waals surface area contributed by atoms with Crippen molar-refractivity contribution in [1.29, 1.82) is 0 Å². The Morgan fingerprint density at radius 2 is 2.05 bits per heavy atom. The molecule has 1 aromatic rings. The van der Waals surface area contributed by atoms with Gasteiger partial charge in [0.15, 0.2) is 0 Å². The highest BCUT2D eigenvalue weighted by atomic mass is 16.5. The Morgan fingerprint density at radius 3 is 2.70 bits per heavy atom. The Labute approximate surface area is 118 Å². The quantitative estimate of drug-likeness (QED) is 0.380. The van der Waals surface area contributed by atoms with E-state index in [1.165, 1.54) is 0 Å². The fourth-order valence-corrected chi connectivity index (χ4v) is 1.78. The van der Waals surface area contributed by atoms with Crippen LogP contribution in [0.1, 0.15) is 36.5 Å². The van der Waals surface area contributed by atoms with Crippen molar-refractivity contribution in [3.05, 3.63) is 23.8 Å². The lowest BCUT2D eigenvalue weighted by Crippen LogP contribution is -2.13. The molecule has 5 N–H and O–H groups in total. The Morgan fingerprint density at radius 1 is 1.30 bits per heavy atom. The molecule has 0 unspecified atom stereocenters. The lowest BCUT2D eigenvalue weighted by Gasteiger charge is -2.13. The van der Waals surface area contributed by atoms with Gasteiger partial charge in [0.2, 0.25) is 5.91 Å². The molecule has 0 heterocycles. The fourth-order valence-electron chi connectivity index (χ4n) is 1.78. The maximum absolute atomic E-state index is 11.8. The molecule has 20 heavy (non-hydrogen) atoms. The molecule has 110 valence electrons. The zero-order valence-corrected chi connectivity index (χ0v) is 11.6. The first-order valence-electron chi connectivity index (χ1n) is 6.64. The van der Waals surface area contributed by atoms with Gasteiger partial charge in [-0.25, -0.2) is 4.79 Å². The molecule has 0 aliphatic rings. The van der Waals surface area contributed by atoms with E-state index in [2.05, 4.69) is 5.32 Å². The number of esters is 1. The normalized spacial score (nSPS) is 10.1. The fraction of sp³-hybridized carbons (Fsp3) is 0.429. The van der Waals surface area contributed by atoms with E-state index < -0.39 is 5.97 Å². The average Bonchev–Trinajstić information content (AvgIpc) is 2.39. The van der Waals surface area contributed by atoms with E-state index in [-0.39, 0.29) is 5.91 Å². The Balaban J connectivity index is 2.63. The molecule has 6 heteroatoms. The van der Waals surface area contributed by atoms with Crippen LogP contribution in [0.25, 0.3) is 0 Å². The van der Waals surface area contributed by atoms with Gasteiger partial charge in [0.05, 0.1) is 23.5 Å². The molecule has 1 amide bonds. The molecule has 0 saturated carbocycles. The molecule has 0 fully saturated rings. The number of unbranched alkanes of at least 4 members (excludes halogenated alkanes) is 1. The Bertz CT molecular complexity index is 475. The summed E-state index contributed by atoms with van der Waals surface area (Å²) in [6, 6.07) is 5.09. The Hall–Kier alpha value is -2.24. The van der Waals surface area contributed by atoms with Crippen LogP contribution in [0.3, 0.4) is 0 Å². The van der Waals surface area contributed by atoms with Crippen molar-refractivity contribution in [3.8, 4) is 0 Å². The first-order chi connectivity index (χ1) is 9.56. The van der Waals surface area contributed by atoms with Crippen molar-refractivity contribution in [2.75, 3.05) is 24.2 Å². The van der Waals surface area contributed by atoms with Gasteiger partial charge in [-0.1, -0.05) is 6.07 Å². The number of nitrogens with two attached hydrogens (primary N) is 2. The third-order valence-electron chi connectivity index (χ3n) is 2.74. The highest BCUT2D eigenvalue weighted by Crippen LogP contribution is 2.24. The summed E-state index contributed by atoms with van der Waals surface area (Å²) in [7, 11) is 0. The number of ether oxygens (including phenoxy) is 1. The largest absolute Gasteiger partial charge is 0.462 e. The molecule has 1 aromatic carbocycles. The molecule has 1 rings (SSSR count). The molecule has 0 aliphatic heterocycles. The van der Waals surface area contributed by atoms with E-state index in [9.17, 15) is 9.59 Å². The van der Waals surface area contributed by atoms with Crippen molar-refractivity contribution < 1.29 is 14.3 Å². The molecule has 0 bridgehead atoms. The van der Waals surface area contributed by atoms with Crippen LogP contribution in [-0.4, -0.2) is 25.0 Å². The third kappa shape index (κ3) is 4.79. The van der Waals surface area contributed by atoms with Crippen molar-refractivity contribution in [2.45, 2.75) is 26.2 Å². The lowest BCUT2D eigenvalue weighted by molar-refractivity contribution is -0.118. The summed E-state index contributed by atoms with van der Waals surface area (Å²) in [5.41, 5.74) is 12.4. The van der Waals surface area contributed by atoms with E-state index >= 15 is 0 Å². The van der Waals surface area contributed by atoms with Crippen molar-refractivity contribution in [1.82, 2.24) is 0 Å².